The fraction of sp³-hybridized carbons (Fsp3) is 0.640. The monoisotopic (exact) mass is 447 g/mol. The number of hydrogen-bond acceptors (Lipinski definition) is 4. The van der Waals surface area contributed by atoms with Gasteiger partial charge in [0.25, 0.3) is 0 Å². The molecular formula is C25H41N3O4. The maximum Gasteiger partial charge on any atom is 0.408 e. The van der Waals surface area contributed by atoms with Crippen LogP contribution in [0.25, 0.3) is 0 Å². The van der Waals surface area contributed by atoms with Gasteiger partial charge in [0.05, 0.1) is 0 Å². The van der Waals surface area contributed by atoms with E-state index in [1.807, 2.05) is 66.7 Å². The van der Waals surface area contributed by atoms with Crippen molar-refractivity contribution >= 4 is 17.9 Å². The van der Waals surface area contributed by atoms with Crippen molar-refractivity contribution in [2.24, 2.45) is 0 Å². The normalized spacial score (nSPS) is 13.7. The van der Waals surface area contributed by atoms with E-state index in [-0.39, 0.29) is 24.4 Å². The van der Waals surface area contributed by atoms with Crippen LogP contribution < -0.4 is 10.6 Å². The molecule has 0 saturated carbocycles. The van der Waals surface area contributed by atoms with Crippen molar-refractivity contribution in [3.05, 3.63) is 34.9 Å². The summed E-state index contributed by atoms with van der Waals surface area (Å²) in [5, 5.41) is 5.56. The molecule has 1 aromatic carbocycles. The van der Waals surface area contributed by atoms with E-state index in [4.69, 9.17) is 4.74 Å². The quantitative estimate of drug-likeness (QED) is 0.648. The third-order valence-corrected chi connectivity index (χ3v) is 4.89. The molecule has 32 heavy (non-hydrogen) atoms. The minimum absolute atomic E-state index is 0.224. The molecular weight excluding hydrogens is 406 g/mol. The Balaban J connectivity index is 3.37. The van der Waals surface area contributed by atoms with Gasteiger partial charge >= 0.3 is 6.09 Å². The fourth-order valence-electron chi connectivity index (χ4n) is 3.30. The molecule has 180 valence electrons. The van der Waals surface area contributed by atoms with E-state index in [2.05, 4.69) is 10.6 Å². The minimum atomic E-state index is -0.822. The summed E-state index contributed by atoms with van der Waals surface area (Å²) in [6.45, 7) is 18.5. The van der Waals surface area contributed by atoms with Gasteiger partial charge in [-0.2, -0.15) is 0 Å². The van der Waals surface area contributed by atoms with E-state index in [0.717, 1.165) is 16.7 Å². The first-order chi connectivity index (χ1) is 14.6. The Hall–Kier alpha value is -2.57. The van der Waals surface area contributed by atoms with Crippen LogP contribution in [0.3, 0.4) is 0 Å². The summed E-state index contributed by atoms with van der Waals surface area (Å²) in [7, 11) is 0. The van der Waals surface area contributed by atoms with Crippen molar-refractivity contribution in [3.8, 4) is 0 Å². The first-order valence-corrected chi connectivity index (χ1v) is 11.2. The zero-order valence-corrected chi connectivity index (χ0v) is 21.4. The summed E-state index contributed by atoms with van der Waals surface area (Å²) in [6, 6.07) is 4.85. The Morgan fingerprint density at radius 1 is 1.06 bits per heavy atom. The van der Waals surface area contributed by atoms with Crippen LogP contribution in [-0.4, -0.2) is 46.5 Å². The van der Waals surface area contributed by atoms with E-state index >= 15 is 0 Å². The van der Waals surface area contributed by atoms with Crippen LogP contribution in [0, 0.1) is 13.8 Å². The number of nitrogens with zero attached hydrogens (tertiary/aromatic N) is 1. The molecule has 0 heterocycles. The Kier molecular flexibility index (Phi) is 9.30. The van der Waals surface area contributed by atoms with E-state index in [0.29, 0.717) is 6.42 Å². The molecule has 0 fully saturated rings. The maximum absolute atomic E-state index is 13.5. The smallest absolute Gasteiger partial charge is 0.408 e. The summed E-state index contributed by atoms with van der Waals surface area (Å²) in [6.07, 6.45) is -0.0140. The maximum atomic E-state index is 13.5. The van der Waals surface area contributed by atoms with Gasteiger partial charge in [0, 0.05) is 11.6 Å². The predicted octanol–water partition coefficient (Wildman–Crippen LogP) is 4.41. The molecule has 7 nitrogen and oxygen atoms in total. The number of carbonyl (C=O) groups is 3. The van der Waals surface area contributed by atoms with Crippen LogP contribution in [0.5, 0.6) is 0 Å². The Labute approximate surface area is 193 Å². The zero-order valence-electron chi connectivity index (χ0n) is 21.4. The van der Waals surface area contributed by atoms with E-state index < -0.39 is 23.3 Å². The number of amides is 3. The third kappa shape index (κ3) is 8.52. The number of nitrogens with one attached hydrogen (secondary N) is 2. The lowest BCUT2D eigenvalue weighted by Crippen LogP contribution is -2.53. The highest BCUT2D eigenvalue weighted by Crippen LogP contribution is 2.29. The lowest BCUT2D eigenvalue weighted by atomic mass is 9.94. The summed E-state index contributed by atoms with van der Waals surface area (Å²) < 4.78 is 5.25. The van der Waals surface area contributed by atoms with Gasteiger partial charge in [-0.1, -0.05) is 30.7 Å². The molecule has 1 aromatic rings. The van der Waals surface area contributed by atoms with Crippen molar-refractivity contribution in [1.82, 2.24) is 15.5 Å². The first kappa shape index (κ1) is 27.5. The number of ether oxygens (including phenoxy) is 1. The van der Waals surface area contributed by atoms with Crippen molar-refractivity contribution in [1.29, 1.82) is 0 Å². The van der Waals surface area contributed by atoms with Gasteiger partial charge in [-0.25, -0.2) is 4.79 Å². The highest BCUT2D eigenvalue weighted by Gasteiger charge is 2.36. The van der Waals surface area contributed by atoms with E-state index in [1.165, 1.54) is 0 Å². The Bertz CT molecular complexity index is 821. The largest absolute Gasteiger partial charge is 0.444 e. The average molecular weight is 448 g/mol. The third-order valence-electron chi connectivity index (χ3n) is 4.89. The molecule has 2 atom stereocenters. The lowest BCUT2D eigenvalue weighted by molar-refractivity contribution is -0.143. The minimum Gasteiger partial charge on any atom is -0.444 e. The number of carbonyl (C=O) groups excluding carboxylic acids is 3. The summed E-state index contributed by atoms with van der Waals surface area (Å²) in [5.41, 5.74) is 1.56. The second kappa shape index (κ2) is 10.8. The van der Waals surface area contributed by atoms with Crippen LogP contribution in [0.1, 0.15) is 84.5 Å². The highest BCUT2D eigenvalue weighted by molar-refractivity contribution is 5.91. The molecule has 0 bridgehead atoms. The van der Waals surface area contributed by atoms with Gasteiger partial charge < -0.3 is 20.3 Å². The van der Waals surface area contributed by atoms with Gasteiger partial charge in [-0.05, 0) is 79.9 Å². The number of benzene rings is 1. The van der Waals surface area contributed by atoms with Crippen molar-refractivity contribution in [2.75, 3.05) is 6.54 Å². The van der Waals surface area contributed by atoms with Crippen molar-refractivity contribution < 1.29 is 19.1 Å². The zero-order chi connectivity index (χ0) is 24.9. The van der Waals surface area contributed by atoms with E-state index in [1.54, 1.807) is 25.7 Å². The van der Waals surface area contributed by atoms with Gasteiger partial charge in [0.15, 0.2) is 0 Å². The summed E-state index contributed by atoms with van der Waals surface area (Å²) in [5.74, 6) is -0.600. The fourth-order valence-corrected chi connectivity index (χ4v) is 3.30. The molecule has 0 aliphatic rings. The molecule has 1 rings (SSSR count). The lowest BCUT2D eigenvalue weighted by Gasteiger charge is -2.38. The predicted molar refractivity (Wildman–Crippen MR) is 127 cm³/mol. The van der Waals surface area contributed by atoms with E-state index in [9.17, 15) is 14.4 Å². The number of rotatable bonds is 7. The average Bonchev–Trinajstić information content (AvgIpc) is 2.62. The van der Waals surface area contributed by atoms with Crippen LogP contribution in [-0.2, 0) is 14.3 Å². The van der Waals surface area contributed by atoms with Crippen molar-refractivity contribution in [3.63, 3.8) is 0 Å². The number of aryl methyl sites for hydroxylation is 2. The molecule has 7 heteroatoms. The second-order valence-corrected chi connectivity index (χ2v) is 10.4. The molecule has 0 radical (unpaired) electrons. The molecule has 0 spiro atoms. The SMILES string of the molecule is CCC(C)N(C(=O)CNC(=O)OC(C)(C)C)C(C(=O)NC(C)(C)C)c1cc(C)ccc1C. The summed E-state index contributed by atoms with van der Waals surface area (Å²) in [4.78, 5) is 40.6. The van der Waals surface area contributed by atoms with Gasteiger partial charge in [0.2, 0.25) is 11.8 Å². The topological polar surface area (TPSA) is 87.7 Å². The van der Waals surface area contributed by atoms with Crippen molar-refractivity contribution in [2.45, 2.75) is 98.9 Å². The standard InChI is InChI=1S/C25H41N3O4/c1-11-18(4)28(20(29)15-26-23(31)32-25(8,9)10)21(22(30)27-24(5,6)7)19-14-16(2)12-13-17(19)3/h12-14,18,21H,11,15H2,1-10H3,(H,26,31)(H,27,30). The number of alkyl carbamates (subject to hydrolysis) is 1. The molecule has 3 amide bonds. The van der Waals surface area contributed by atoms with Crippen LogP contribution >= 0.6 is 0 Å². The molecule has 0 saturated heterocycles. The molecule has 2 N–H and O–H groups in total. The molecule has 0 aromatic heterocycles. The van der Waals surface area contributed by atoms with Crippen LogP contribution in [0.2, 0.25) is 0 Å². The Morgan fingerprint density at radius 3 is 2.16 bits per heavy atom. The van der Waals surface area contributed by atoms with Crippen LogP contribution in [0.15, 0.2) is 18.2 Å². The highest BCUT2D eigenvalue weighted by atomic mass is 16.6. The van der Waals surface area contributed by atoms with Crippen LogP contribution in [0.4, 0.5) is 4.79 Å². The molecule has 0 aliphatic carbocycles. The summed E-state index contributed by atoms with van der Waals surface area (Å²) >= 11 is 0. The second-order valence-electron chi connectivity index (χ2n) is 10.4. The van der Waals surface area contributed by atoms with Gasteiger partial charge in [-0.15, -0.1) is 0 Å². The molecule has 2 unspecified atom stereocenters. The first-order valence-electron chi connectivity index (χ1n) is 11.2. The molecule has 0 aliphatic heterocycles. The number of hydrogen-bond donors (Lipinski definition) is 2. The van der Waals surface area contributed by atoms with Gasteiger partial charge in [0.1, 0.15) is 18.2 Å². The Morgan fingerprint density at radius 2 is 1.66 bits per heavy atom. The van der Waals surface area contributed by atoms with Gasteiger partial charge in [-0.3, -0.25) is 9.59 Å².